The maximum absolute atomic E-state index is 12.6. The van der Waals surface area contributed by atoms with Crippen molar-refractivity contribution in [1.29, 1.82) is 0 Å². The van der Waals surface area contributed by atoms with Gasteiger partial charge in [-0.1, -0.05) is 23.9 Å². The second-order valence-corrected chi connectivity index (χ2v) is 7.51. The first-order valence-corrected chi connectivity index (χ1v) is 9.84. The number of rotatable bonds is 6. The van der Waals surface area contributed by atoms with Crippen molar-refractivity contribution < 1.29 is 14.3 Å². The molecule has 2 aliphatic rings. The number of hydrogen-bond acceptors (Lipinski definition) is 7. The normalized spacial score (nSPS) is 15.1. The van der Waals surface area contributed by atoms with Crippen LogP contribution in [0.1, 0.15) is 23.2 Å². The van der Waals surface area contributed by atoms with E-state index in [4.69, 9.17) is 9.47 Å². The van der Waals surface area contributed by atoms with Gasteiger partial charge in [0.2, 0.25) is 6.79 Å². The van der Waals surface area contributed by atoms with Crippen molar-refractivity contribution in [3.63, 3.8) is 0 Å². The number of nitrogens with zero attached hydrogens (tertiary/aromatic N) is 2. The molecule has 7 heteroatoms. The molecule has 1 N–H and O–H groups in total. The summed E-state index contributed by atoms with van der Waals surface area (Å²) < 4.78 is 10.6. The first kappa shape index (κ1) is 16.4. The van der Waals surface area contributed by atoms with Crippen LogP contribution in [-0.2, 0) is 0 Å². The summed E-state index contributed by atoms with van der Waals surface area (Å²) in [6.45, 7) is 0.198. The van der Waals surface area contributed by atoms with E-state index in [1.54, 1.807) is 18.2 Å². The number of anilines is 1. The minimum Gasteiger partial charge on any atom is -0.454 e. The van der Waals surface area contributed by atoms with Crippen molar-refractivity contribution in [2.45, 2.75) is 24.0 Å². The fraction of sp³-hybridized carbons (Fsp3) is 0.250. The molecular formula is C20H17N3O3S. The number of fused-ring (bicyclic) bond motifs is 2. The highest BCUT2D eigenvalue weighted by molar-refractivity contribution is 7.99. The molecule has 0 radical (unpaired) electrons. The number of hydrogen-bond donors (Lipinski definition) is 1. The number of carbonyl (C=O) groups excluding carboxylic acids is 1. The zero-order chi connectivity index (χ0) is 18.2. The number of benzene rings is 2. The molecule has 5 rings (SSSR count). The van der Waals surface area contributed by atoms with Gasteiger partial charge in [0.1, 0.15) is 5.82 Å². The van der Waals surface area contributed by atoms with Gasteiger partial charge in [0.05, 0.1) is 11.3 Å². The second-order valence-electron chi connectivity index (χ2n) is 6.57. The fourth-order valence-electron chi connectivity index (χ4n) is 2.93. The van der Waals surface area contributed by atoms with Crippen LogP contribution in [-0.4, -0.2) is 34.3 Å². The van der Waals surface area contributed by atoms with Gasteiger partial charge in [-0.3, -0.25) is 4.79 Å². The fourth-order valence-corrected chi connectivity index (χ4v) is 3.68. The van der Waals surface area contributed by atoms with Gasteiger partial charge in [-0.2, -0.15) is 0 Å². The van der Waals surface area contributed by atoms with Crippen molar-refractivity contribution in [1.82, 2.24) is 9.97 Å². The lowest BCUT2D eigenvalue weighted by atomic mass is 10.1. The molecule has 0 saturated heterocycles. The van der Waals surface area contributed by atoms with Crippen LogP contribution in [0.25, 0.3) is 10.9 Å². The number of ether oxygens (including phenoxy) is 2. The van der Waals surface area contributed by atoms with E-state index >= 15 is 0 Å². The minimum atomic E-state index is 0.00626. The Bertz CT molecular complexity index is 1040. The van der Waals surface area contributed by atoms with E-state index in [0.717, 1.165) is 16.7 Å². The van der Waals surface area contributed by atoms with Crippen molar-refractivity contribution >= 4 is 34.3 Å². The van der Waals surface area contributed by atoms with Crippen molar-refractivity contribution in [2.75, 3.05) is 17.9 Å². The molecule has 0 amide bonds. The van der Waals surface area contributed by atoms with E-state index in [1.807, 2.05) is 24.3 Å². The summed E-state index contributed by atoms with van der Waals surface area (Å²) in [5, 5.41) is 5.08. The van der Waals surface area contributed by atoms with Crippen molar-refractivity contribution in [3.8, 4) is 11.5 Å². The Balaban J connectivity index is 1.35. The number of carbonyl (C=O) groups is 1. The number of nitrogens with one attached hydrogen (secondary N) is 1. The molecule has 2 aromatic carbocycles. The van der Waals surface area contributed by atoms with E-state index < -0.39 is 0 Å². The zero-order valence-electron chi connectivity index (χ0n) is 14.5. The molecule has 0 bridgehead atoms. The summed E-state index contributed by atoms with van der Waals surface area (Å²) in [6, 6.07) is 13.7. The summed E-state index contributed by atoms with van der Waals surface area (Å²) in [5.41, 5.74) is 1.48. The molecule has 6 nitrogen and oxygen atoms in total. The summed E-state index contributed by atoms with van der Waals surface area (Å²) >= 11 is 1.35. The Morgan fingerprint density at radius 3 is 2.85 bits per heavy atom. The molecule has 27 heavy (non-hydrogen) atoms. The van der Waals surface area contributed by atoms with Crippen molar-refractivity contribution in [3.05, 3.63) is 48.0 Å². The van der Waals surface area contributed by atoms with Crippen LogP contribution in [0.5, 0.6) is 11.5 Å². The Labute approximate surface area is 160 Å². The average molecular weight is 379 g/mol. The second kappa shape index (κ2) is 6.74. The summed E-state index contributed by atoms with van der Waals surface area (Å²) in [5.74, 6) is 2.41. The quantitative estimate of drug-likeness (QED) is 0.395. The van der Waals surface area contributed by atoms with Gasteiger partial charge >= 0.3 is 0 Å². The third-order valence-corrected chi connectivity index (χ3v) is 5.38. The van der Waals surface area contributed by atoms with Gasteiger partial charge in [-0.15, -0.1) is 0 Å². The van der Waals surface area contributed by atoms with Gasteiger partial charge in [-0.05, 0) is 43.2 Å². The molecule has 3 aromatic rings. The van der Waals surface area contributed by atoms with Crippen LogP contribution < -0.4 is 14.8 Å². The molecule has 136 valence electrons. The van der Waals surface area contributed by atoms with Crippen LogP contribution in [0.2, 0.25) is 0 Å². The van der Waals surface area contributed by atoms with Gasteiger partial charge in [0, 0.05) is 17.0 Å². The smallest absolute Gasteiger partial charge is 0.231 e. The molecule has 0 unspecified atom stereocenters. The third kappa shape index (κ3) is 3.42. The molecular weight excluding hydrogens is 362 g/mol. The standard InChI is InChI=1S/C20H17N3O3S/c24-16(12-5-8-17-18(9-12)26-11-25-17)10-27-20-22-15-4-2-1-3-14(15)19(23-20)21-13-6-7-13/h1-5,8-9,13H,6-7,10-11H2,(H,21,22,23). The number of ketones is 1. The summed E-state index contributed by atoms with van der Waals surface area (Å²) in [4.78, 5) is 21.8. The van der Waals surface area contributed by atoms with Crippen LogP contribution in [0.4, 0.5) is 5.82 Å². The van der Waals surface area contributed by atoms with Crippen molar-refractivity contribution in [2.24, 2.45) is 0 Å². The number of thioether (sulfide) groups is 1. The lowest BCUT2D eigenvalue weighted by Gasteiger charge is -2.09. The first-order valence-electron chi connectivity index (χ1n) is 8.85. The molecule has 0 atom stereocenters. The molecule has 1 saturated carbocycles. The number of para-hydroxylation sites is 1. The number of aromatic nitrogens is 2. The Morgan fingerprint density at radius 2 is 1.96 bits per heavy atom. The maximum Gasteiger partial charge on any atom is 0.231 e. The topological polar surface area (TPSA) is 73.3 Å². The Morgan fingerprint density at radius 1 is 1.11 bits per heavy atom. The van der Waals surface area contributed by atoms with E-state index in [2.05, 4.69) is 15.3 Å². The molecule has 1 fully saturated rings. The van der Waals surface area contributed by atoms with E-state index in [1.165, 1.54) is 24.6 Å². The highest BCUT2D eigenvalue weighted by atomic mass is 32.2. The predicted octanol–water partition coefficient (Wildman–Crippen LogP) is 3.91. The maximum atomic E-state index is 12.6. The molecule has 1 aliphatic carbocycles. The molecule has 1 aromatic heterocycles. The third-order valence-electron chi connectivity index (χ3n) is 4.53. The molecule has 0 spiro atoms. The zero-order valence-corrected chi connectivity index (χ0v) is 15.3. The number of Topliss-reactive ketones (excluding diaryl/α,β-unsaturated/α-hetero) is 1. The van der Waals surface area contributed by atoms with E-state index in [-0.39, 0.29) is 18.3 Å². The SMILES string of the molecule is O=C(CSc1nc(NC2CC2)c2ccccc2n1)c1ccc2c(c1)OCO2. The van der Waals surface area contributed by atoms with Gasteiger partial charge in [0.15, 0.2) is 22.4 Å². The summed E-state index contributed by atoms with van der Waals surface area (Å²) in [7, 11) is 0. The Hall–Kier alpha value is -2.80. The van der Waals surface area contributed by atoms with E-state index in [9.17, 15) is 4.79 Å². The minimum absolute atomic E-state index is 0.00626. The van der Waals surface area contributed by atoms with Gasteiger partial charge in [0.25, 0.3) is 0 Å². The first-order chi connectivity index (χ1) is 13.3. The van der Waals surface area contributed by atoms with Crippen LogP contribution in [0.3, 0.4) is 0 Å². The lowest BCUT2D eigenvalue weighted by Crippen LogP contribution is -2.07. The molecule has 2 heterocycles. The lowest BCUT2D eigenvalue weighted by molar-refractivity contribution is 0.102. The molecule has 1 aliphatic heterocycles. The summed E-state index contributed by atoms with van der Waals surface area (Å²) in [6.07, 6.45) is 2.34. The monoisotopic (exact) mass is 379 g/mol. The highest BCUT2D eigenvalue weighted by Crippen LogP contribution is 2.33. The van der Waals surface area contributed by atoms with Crippen LogP contribution in [0.15, 0.2) is 47.6 Å². The predicted molar refractivity (Wildman–Crippen MR) is 104 cm³/mol. The van der Waals surface area contributed by atoms with E-state index in [0.29, 0.717) is 28.3 Å². The highest BCUT2D eigenvalue weighted by Gasteiger charge is 2.23. The Kier molecular flexibility index (Phi) is 4.09. The van der Waals surface area contributed by atoms with Crippen LogP contribution >= 0.6 is 11.8 Å². The average Bonchev–Trinajstić information content (AvgIpc) is 3.39. The van der Waals surface area contributed by atoms with Gasteiger partial charge in [-0.25, -0.2) is 9.97 Å². The largest absolute Gasteiger partial charge is 0.454 e. The van der Waals surface area contributed by atoms with Crippen LogP contribution in [0, 0.1) is 0 Å². The van der Waals surface area contributed by atoms with Gasteiger partial charge < -0.3 is 14.8 Å².